The van der Waals surface area contributed by atoms with Crippen LogP contribution >= 0.6 is 0 Å². The fourth-order valence-corrected chi connectivity index (χ4v) is 6.84. The number of ketones is 2. The average molecular weight is 358 g/mol. The van der Waals surface area contributed by atoms with Crippen LogP contribution in [0.5, 0.6) is 0 Å². The molecule has 0 aromatic rings. The van der Waals surface area contributed by atoms with Crippen molar-refractivity contribution in [3.8, 4) is 0 Å². The van der Waals surface area contributed by atoms with Crippen molar-refractivity contribution in [3.63, 3.8) is 0 Å². The Morgan fingerprint density at radius 2 is 1.92 bits per heavy atom. The predicted octanol–water partition coefficient (Wildman–Crippen LogP) is 2.62. The number of fused-ring (bicyclic) bond motifs is 7. The van der Waals surface area contributed by atoms with Crippen LogP contribution in [0, 0.1) is 28.6 Å². The van der Waals surface area contributed by atoms with Crippen molar-refractivity contribution in [2.75, 3.05) is 0 Å². The van der Waals surface area contributed by atoms with Gasteiger partial charge in [0.1, 0.15) is 24.1 Å². The summed E-state index contributed by atoms with van der Waals surface area (Å²) in [6.45, 7) is 5.73. The Morgan fingerprint density at radius 3 is 2.65 bits per heavy atom. The van der Waals surface area contributed by atoms with E-state index in [1.54, 1.807) is 0 Å². The van der Waals surface area contributed by atoms with Gasteiger partial charge in [0.2, 0.25) is 0 Å². The summed E-state index contributed by atoms with van der Waals surface area (Å²) in [5.74, 6) is 0.528. The molecule has 5 aliphatic rings. The second-order valence-corrected chi connectivity index (χ2v) is 9.45. The lowest BCUT2D eigenvalue weighted by Gasteiger charge is -2.55. The van der Waals surface area contributed by atoms with E-state index in [1.165, 1.54) is 6.92 Å². The minimum atomic E-state index is -0.332. The minimum Gasteiger partial charge on any atom is -0.460 e. The molecule has 1 aliphatic heterocycles. The van der Waals surface area contributed by atoms with Crippen LogP contribution in [0.1, 0.15) is 52.9 Å². The van der Waals surface area contributed by atoms with Gasteiger partial charge in [-0.3, -0.25) is 14.4 Å². The zero-order valence-electron chi connectivity index (χ0n) is 15.6. The van der Waals surface area contributed by atoms with Gasteiger partial charge in [-0.1, -0.05) is 13.8 Å². The number of esters is 1. The molecule has 8 atom stereocenters. The van der Waals surface area contributed by atoms with Crippen LogP contribution in [-0.4, -0.2) is 35.8 Å². The van der Waals surface area contributed by atoms with Crippen LogP contribution in [-0.2, 0) is 23.9 Å². The van der Waals surface area contributed by atoms with Gasteiger partial charge in [-0.15, -0.1) is 0 Å². The molecular formula is C21H26O5. The lowest BCUT2D eigenvalue weighted by atomic mass is 9.47. The van der Waals surface area contributed by atoms with Crippen molar-refractivity contribution < 1.29 is 23.9 Å². The molecule has 3 saturated carbocycles. The number of carbonyl (C=O) groups excluding carboxylic acids is 3. The third-order valence-electron chi connectivity index (χ3n) is 8.22. The van der Waals surface area contributed by atoms with E-state index >= 15 is 0 Å². The Balaban J connectivity index is 1.54. The lowest BCUT2D eigenvalue weighted by Crippen LogP contribution is -2.55. The molecule has 26 heavy (non-hydrogen) atoms. The average Bonchev–Trinajstić information content (AvgIpc) is 3.30. The fourth-order valence-electron chi connectivity index (χ4n) is 6.84. The molecule has 0 amide bonds. The number of hydrogen-bond donors (Lipinski definition) is 0. The first-order valence-electron chi connectivity index (χ1n) is 9.87. The van der Waals surface area contributed by atoms with Crippen LogP contribution in [0.2, 0.25) is 0 Å². The number of carbonyl (C=O) groups is 3. The second-order valence-electron chi connectivity index (χ2n) is 9.45. The molecule has 140 valence electrons. The van der Waals surface area contributed by atoms with Crippen molar-refractivity contribution in [2.45, 2.75) is 71.2 Å². The summed E-state index contributed by atoms with van der Waals surface area (Å²) < 4.78 is 11.4. The van der Waals surface area contributed by atoms with Gasteiger partial charge in [-0.25, -0.2) is 0 Å². The molecule has 0 bridgehead atoms. The summed E-state index contributed by atoms with van der Waals surface area (Å²) in [6.07, 6.45) is 5.31. The molecule has 0 aromatic carbocycles. The maximum Gasteiger partial charge on any atom is 0.302 e. The Morgan fingerprint density at radius 1 is 1.19 bits per heavy atom. The van der Waals surface area contributed by atoms with Gasteiger partial charge in [0, 0.05) is 24.7 Å². The molecule has 3 unspecified atom stereocenters. The quantitative estimate of drug-likeness (QED) is 0.532. The largest absolute Gasteiger partial charge is 0.460 e. The molecule has 0 N–H and O–H groups in total. The standard InChI is InChI=1S/C21H26O5/c1-10(22)25-15-9-21(3)12-6-7-20(2)11(4-5-16(20)24)17(12)14(23)8-13(21)18-19(15)26-18/h8,11-12,15,17-19H,4-7,9H2,1-3H3/t11-,12+,15?,17-,18?,19?,20-,21+/m0/s1. The van der Waals surface area contributed by atoms with Gasteiger partial charge in [0.05, 0.1) is 0 Å². The van der Waals surface area contributed by atoms with E-state index in [9.17, 15) is 14.4 Å². The topological polar surface area (TPSA) is 73.0 Å². The summed E-state index contributed by atoms with van der Waals surface area (Å²) in [6, 6.07) is 0. The van der Waals surface area contributed by atoms with E-state index in [1.807, 2.05) is 6.08 Å². The molecule has 1 heterocycles. The third kappa shape index (κ3) is 1.98. The maximum atomic E-state index is 13.1. The van der Waals surface area contributed by atoms with Gasteiger partial charge < -0.3 is 9.47 Å². The highest BCUT2D eigenvalue weighted by molar-refractivity contribution is 5.97. The molecular weight excluding hydrogens is 332 g/mol. The number of Topliss-reactive ketones (excluding diaryl/α,β-unsaturated/α-hetero) is 1. The summed E-state index contributed by atoms with van der Waals surface area (Å²) >= 11 is 0. The molecule has 4 fully saturated rings. The van der Waals surface area contributed by atoms with E-state index in [0.717, 1.165) is 24.8 Å². The maximum absolute atomic E-state index is 13.1. The first kappa shape index (κ1) is 16.7. The SMILES string of the molecule is CC(=O)OC1C[C@@]2(C)C(=CC(=O)[C@@H]3[C@H]2CC[C@]2(C)C(=O)CC[C@@H]32)C2OC12. The van der Waals surface area contributed by atoms with Gasteiger partial charge in [-0.05, 0) is 54.6 Å². The van der Waals surface area contributed by atoms with Gasteiger partial charge >= 0.3 is 5.97 Å². The van der Waals surface area contributed by atoms with Crippen molar-refractivity contribution >= 4 is 17.5 Å². The van der Waals surface area contributed by atoms with E-state index < -0.39 is 0 Å². The molecule has 0 radical (unpaired) electrons. The Hall–Kier alpha value is -1.49. The molecule has 5 rings (SSSR count). The summed E-state index contributed by atoms with van der Waals surface area (Å²) in [4.78, 5) is 37.1. The highest BCUT2D eigenvalue weighted by Gasteiger charge is 2.67. The third-order valence-corrected chi connectivity index (χ3v) is 8.22. The smallest absolute Gasteiger partial charge is 0.302 e. The molecule has 0 spiro atoms. The summed E-state index contributed by atoms with van der Waals surface area (Å²) in [7, 11) is 0. The number of rotatable bonds is 1. The zero-order chi connectivity index (χ0) is 18.4. The van der Waals surface area contributed by atoms with Crippen LogP contribution in [0.4, 0.5) is 0 Å². The zero-order valence-corrected chi connectivity index (χ0v) is 15.6. The molecule has 0 aromatic heterocycles. The Kier molecular flexibility index (Phi) is 3.25. The summed E-state index contributed by atoms with van der Waals surface area (Å²) in [5.41, 5.74) is 0.579. The van der Waals surface area contributed by atoms with Crippen LogP contribution in [0.15, 0.2) is 11.6 Å². The van der Waals surface area contributed by atoms with Crippen LogP contribution in [0.3, 0.4) is 0 Å². The molecule has 4 aliphatic carbocycles. The first-order valence-corrected chi connectivity index (χ1v) is 9.87. The predicted molar refractivity (Wildman–Crippen MR) is 92.1 cm³/mol. The van der Waals surface area contributed by atoms with Gasteiger partial charge in [-0.2, -0.15) is 0 Å². The number of allylic oxidation sites excluding steroid dienone is 1. The van der Waals surface area contributed by atoms with E-state index in [4.69, 9.17) is 9.47 Å². The number of epoxide rings is 1. The summed E-state index contributed by atoms with van der Waals surface area (Å²) in [5, 5.41) is 0. The van der Waals surface area contributed by atoms with Gasteiger partial charge in [0.25, 0.3) is 0 Å². The molecule has 5 heteroatoms. The molecule has 5 nitrogen and oxygen atoms in total. The Labute approximate surface area is 153 Å². The van der Waals surface area contributed by atoms with Crippen molar-refractivity contribution in [1.82, 2.24) is 0 Å². The van der Waals surface area contributed by atoms with E-state index in [-0.39, 0.29) is 58.6 Å². The number of ether oxygens (including phenoxy) is 2. The van der Waals surface area contributed by atoms with Crippen molar-refractivity contribution in [3.05, 3.63) is 11.6 Å². The highest BCUT2D eigenvalue weighted by Crippen LogP contribution is 2.65. The monoisotopic (exact) mass is 358 g/mol. The first-order chi connectivity index (χ1) is 12.3. The van der Waals surface area contributed by atoms with Crippen LogP contribution in [0.25, 0.3) is 0 Å². The molecule has 1 saturated heterocycles. The van der Waals surface area contributed by atoms with Crippen LogP contribution < -0.4 is 0 Å². The highest BCUT2D eigenvalue weighted by atomic mass is 16.6. The van der Waals surface area contributed by atoms with E-state index in [0.29, 0.717) is 18.6 Å². The van der Waals surface area contributed by atoms with Crippen molar-refractivity contribution in [1.29, 1.82) is 0 Å². The van der Waals surface area contributed by atoms with Gasteiger partial charge in [0.15, 0.2) is 5.78 Å². The second kappa shape index (κ2) is 5.06. The lowest BCUT2D eigenvalue weighted by molar-refractivity contribution is -0.153. The Bertz CT molecular complexity index is 754. The van der Waals surface area contributed by atoms with Crippen molar-refractivity contribution in [2.24, 2.45) is 28.6 Å². The fraction of sp³-hybridized carbons (Fsp3) is 0.762. The van der Waals surface area contributed by atoms with E-state index in [2.05, 4.69) is 13.8 Å². The normalized spacial score (nSPS) is 51.6. The minimum absolute atomic E-state index is 0.0813. The number of hydrogen-bond acceptors (Lipinski definition) is 5.